The van der Waals surface area contributed by atoms with Crippen LogP contribution in [0, 0.1) is 13.8 Å². The molecule has 4 heteroatoms. The van der Waals surface area contributed by atoms with Gasteiger partial charge in [-0.25, -0.2) is 0 Å². The Morgan fingerprint density at radius 2 is 1.79 bits per heavy atom. The number of benzene rings is 2. The highest BCUT2D eigenvalue weighted by atomic mass is 16.5. The van der Waals surface area contributed by atoms with Crippen LogP contribution in [0.4, 0.5) is 5.69 Å². The van der Waals surface area contributed by atoms with Crippen molar-refractivity contribution in [2.45, 2.75) is 27.4 Å². The van der Waals surface area contributed by atoms with E-state index in [9.17, 15) is 4.79 Å². The van der Waals surface area contributed by atoms with Crippen LogP contribution in [0.5, 0.6) is 0 Å². The SMILES string of the molecule is CCOCc1c(C(=O)Nc2c(C)cccc2C)oc2ccccc12. The molecule has 0 unspecified atom stereocenters. The molecule has 1 aromatic heterocycles. The highest BCUT2D eigenvalue weighted by molar-refractivity contribution is 6.07. The standard InChI is InChI=1S/C20H21NO3/c1-4-23-12-16-15-10-5-6-11-17(15)24-19(16)20(22)21-18-13(2)8-7-9-14(18)3/h5-11H,4,12H2,1-3H3,(H,21,22). The predicted octanol–water partition coefficient (Wildman–Crippen LogP) is 4.84. The van der Waals surface area contributed by atoms with E-state index >= 15 is 0 Å². The minimum Gasteiger partial charge on any atom is -0.451 e. The topological polar surface area (TPSA) is 51.5 Å². The number of ether oxygens (including phenoxy) is 1. The second-order valence-corrected chi connectivity index (χ2v) is 5.76. The summed E-state index contributed by atoms with van der Waals surface area (Å²) >= 11 is 0. The van der Waals surface area contributed by atoms with E-state index in [4.69, 9.17) is 9.15 Å². The first-order valence-corrected chi connectivity index (χ1v) is 8.07. The van der Waals surface area contributed by atoms with Gasteiger partial charge in [0, 0.05) is 23.2 Å². The van der Waals surface area contributed by atoms with E-state index < -0.39 is 0 Å². The van der Waals surface area contributed by atoms with Gasteiger partial charge < -0.3 is 14.5 Å². The maximum absolute atomic E-state index is 12.8. The largest absolute Gasteiger partial charge is 0.451 e. The van der Waals surface area contributed by atoms with Crippen LogP contribution in [-0.2, 0) is 11.3 Å². The van der Waals surface area contributed by atoms with Gasteiger partial charge in [0.25, 0.3) is 5.91 Å². The molecule has 2 aromatic carbocycles. The van der Waals surface area contributed by atoms with Crippen molar-refractivity contribution in [2.24, 2.45) is 0 Å². The second kappa shape index (κ2) is 6.89. The molecule has 0 aliphatic carbocycles. The zero-order valence-corrected chi connectivity index (χ0v) is 14.2. The Hall–Kier alpha value is -2.59. The van der Waals surface area contributed by atoms with Gasteiger partial charge in [0.2, 0.25) is 0 Å². The molecule has 0 saturated carbocycles. The van der Waals surface area contributed by atoms with Gasteiger partial charge in [-0.3, -0.25) is 4.79 Å². The Morgan fingerprint density at radius 1 is 1.08 bits per heavy atom. The summed E-state index contributed by atoms with van der Waals surface area (Å²) in [6.07, 6.45) is 0. The molecule has 0 aliphatic rings. The normalized spacial score (nSPS) is 11.0. The van der Waals surface area contributed by atoms with Crippen molar-refractivity contribution in [3.63, 3.8) is 0 Å². The maximum atomic E-state index is 12.8. The summed E-state index contributed by atoms with van der Waals surface area (Å²) in [6, 6.07) is 13.6. The van der Waals surface area contributed by atoms with Gasteiger partial charge in [0.05, 0.1) is 6.61 Å². The molecule has 3 rings (SSSR count). The van der Waals surface area contributed by atoms with Gasteiger partial charge >= 0.3 is 0 Å². The molecule has 0 radical (unpaired) electrons. The molecule has 1 amide bonds. The molecule has 0 saturated heterocycles. The monoisotopic (exact) mass is 323 g/mol. The molecule has 3 aromatic rings. The van der Waals surface area contributed by atoms with Gasteiger partial charge in [-0.1, -0.05) is 36.4 Å². The third-order valence-electron chi connectivity index (χ3n) is 4.07. The smallest absolute Gasteiger partial charge is 0.291 e. The van der Waals surface area contributed by atoms with Gasteiger partial charge in [0.15, 0.2) is 5.76 Å². The summed E-state index contributed by atoms with van der Waals surface area (Å²) < 4.78 is 11.4. The summed E-state index contributed by atoms with van der Waals surface area (Å²) in [5.41, 5.74) is 4.34. The van der Waals surface area contributed by atoms with E-state index in [1.165, 1.54) is 0 Å². The highest BCUT2D eigenvalue weighted by Gasteiger charge is 2.21. The number of hydrogen-bond acceptors (Lipinski definition) is 3. The summed E-state index contributed by atoms with van der Waals surface area (Å²) in [7, 11) is 0. The van der Waals surface area contributed by atoms with Gasteiger partial charge in [-0.05, 0) is 38.0 Å². The molecule has 24 heavy (non-hydrogen) atoms. The van der Waals surface area contributed by atoms with Crippen molar-refractivity contribution in [1.82, 2.24) is 0 Å². The number of anilines is 1. The molecule has 124 valence electrons. The fraction of sp³-hybridized carbons (Fsp3) is 0.250. The fourth-order valence-corrected chi connectivity index (χ4v) is 2.81. The maximum Gasteiger partial charge on any atom is 0.291 e. The lowest BCUT2D eigenvalue weighted by atomic mass is 10.1. The van der Waals surface area contributed by atoms with Crippen LogP contribution in [0.3, 0.4) is 0 Å². The van der Waals surface area contributed by atoms with Crippen LogP contribution < -0.4 is 5.32 Å². The molecule has 0 bridgehead atoms. The van der Waals surface area contributed by atoms with E-state index in [1.807, 2.05) is 63.2 Å². The summed E-state index contributed by atoms with van der Waals surface area (Å²) in [4.78, 5) is 12.8. The van der Waals surface area contributed by atoms with Crippen molar-refractivity contribution >= 4 is 22.6 Å². The number of hydrogen-bond donors (Lipinski definition) is 1. The molecule has 0 aliphatic heterocycles. The highest BCUT2D eigenvalue weighted by Crippen LogP contribution is 2.28. The predicted molar refractivity (Wildman–Crippen MR) is 95.4 cm³/mol. The number of carbonyl (C=O) groups is 1. The molecular formula is C20H21NO3. The van der Waals surface area contributed by atoms with Crippen molar-refractivity contribution < 1.29 is 13.9 Å². The molecule has 1 heterocycles. The van der Waals surface area contributed by atoms with Crippen molar-refractivity contribution in [3.8, 4) is 0 Å². The van der Waals surface area contributed by atoms with Crippen LogP contribution in [0.2, 0.25) is 0 Å². The minimum absolute atomic E-state index is 0.252. The Kier molecular flexibility index (Phi) is 4.67. The zero-order valence-electron chi connectivity index (χ0n) is 14.2. The molecule has 0 spiro atoms. The Morgan fingerprint density at radius 3 is 2.50 bits per heavy atom. The van der Waals surface area contributed by atoms with Crippen LogP contribution >= 0.6 is 0 Å². The third kappa shape index (κ3) is 3.05. The van der Waals surface area contributed by atoms with E-state index in [0.717, 1.165) is 27.8 Å². The van der Waals surface area contributed by atoms with Crippen molar-refractivity contribution in [3.05, 3.63) is 64.9 Å². The van der Waals surface area contributed by atoms with Crippen LogP contribution in [-0.4, -0.2) is 12.5 Å². The first-order chi connectivity index (χ1) is 11.6. The summed E-state index contributed by atoms with van der Waals surface area (Å²) in [5, 5.41) is 3.90. The average molecular weight is 323 g/mol. The van der Waals surface area contributed by atoms with Gasteiger partial charge in [0.1, 0.15) is 5.58 Å². The van der Waals surface area contributed by atoms with Gasteiger partial charge in [-0.2, -0.15) is 0 Å². The molecular weight excluding hydrogens is 302 g/mol. The lowest BCUT2D eigenvalue weighted by molar-refractivity contribution is 0.0984. The number of furan rings is 1. The third-order valence-corrected chi connectivity index (χ3v) is 4.07. The number of carbonyl (C=O) groups excluding carboxylic acids is 1. The number of para-hydroxylation sites is 2. The molecule has 0 fully saturated rings. The Balaban J connectivity index is 2.00. The van der Waals surface area contributed by atoms with E-state index in [2.05, 4.69) is 5.32 Å². The number of nitrogens with one attached hydrogen (secondary N) is 1. The first-order valence-electron chi connectivity index (χ1n) is 8.07. The summed E-state index contributed by atoms with van der Waals surface area (Å²) in [6.45, 7) is 6.81. The lowest BCUT2D eigenvalue weighted by Crippen LogP contribution is -2.15. The van der Waals surface area contributed by atoms with Crippen LogP contribution in [0.1, 0.15) is 34.2 Å². The van der Waals surface area contributed by atoms with Crippen LogP contribution in [0.15, 0.2) is 46.9 Å². The van der Waals surface area contributed by atoms with E-state index in [1.54, 1.807) is 0 Å². The Labute approximate surface area is 141 Å². The molecule has 0 atom stereocenters. The number of amides is 1. The van der Waals surface area contributed by atoms with Crippen molar-refractivity contribution in [1.29, 1.82) is 0 Å². The Bertz CT molecular complexity index is 859. The van der Waals surface area contributed by atoms with Gasteiger partial charge in [-0.15, -0.1) is 0 Å². The van der Waals surface area contributed by atoms with E-state index in [0.29, 0.717) is 24.6 Å². The minimum atomic E-state index is -0.252. The quantitative estimate of drug-likeness (QED) is 0.731. The average Bonchev–Trinajstić information content (AvgIpc) is 2.95. The number of fused-ring (bicyclic) bond motifs is 1. The molecule has 4 nitrogen and oxygen atoms in total. The van der Waals surface area contributed by atoms with E-state index in [-0.39, 0.29) is 5.91 Å². The fourth-order valence-electron chi connectivity index (χ4n) is 2.81. The second-order valence-electron chi connectivity index (χ2n) is 5.76. The lowest BCUT2D eigenvalue weighted by Gasteiger charge is -2.11. The first kappa shape index (κ1) is 16.3. The van der Waals surface area contributed by atoms with Crippen LogP contribution in [0.25, 0.3) is 11.0 Å². The summed E-state index contributed by atoms with van der Waals surface area (Å²) in [5.74, 6) is 0.0607. The van der Waals surface area contributed by atoms with Crippen molar-refractivity contribution in [2.75, 3.05) is 11.9 Å². The molecule has 1 N–H and O–H groups in total. The number of aryl methyl sites for hydroxylation is 2. The number of rotatable bonds is 5. The zero-order chi connectivity index (χ0) is 17.1.